The normalized spacial score (nSPS) is 10.0. The molecule has 0 unspecified atom stereocenters. The Kier molecular flexibility index (Phi) is 1.44. The molecular formula is C6H6N6. The molecule has 12 heavy (non-hydrogen) atoms. The smallest absolute Gasteiger partial charge is 0.220 e. The molecule has 0 bridgehead atoms. The maximum atomic E-state index is 5.31. The maximum Gasteiger partial charge on any atom is 0.220 e. The zero-order valence-corrected chi connectivity index (χ0v) is 6.12. The quantitative estimate of drug-likeness (QED) is 0.619. The van der Waals surface area contributed by atoms with Crippen LogP contribution in [0, 0.1) is 0 Å². The van der Waals surface area contributed by atoms with E-state index in [1.165, 1.54) is 4.80 Å². The van der Waals surface area contributed by atoms with E-state index in [9.17, 15) is 0 Å². The summed E-state index contributed by atoms with van der Waals surface area (Å²) in [5.74, 6) is 0.242. The molecule has 6 heteroatoms. The van der Waals surface area contributed by atoms with Crippen molar-refractivity contribution in [3.8, 4) is 5.69 Å². The van der Waals surface area contributed by atoms with Crippen molar-refractivity contribution in [2.24, 2.45) is 0 Å². The first-order valence-corrected chi connectivity index (χ1v) is 3.30. The lowest BCUT2D eigenvalue weighted by Crippen LogP contribution is -2.01. The van der Waals surface area contributed by atoms with E-state index in [1.807, 2.05) is 0 Å². The van der Waals surface area contributed by atoms with Crippen LogP contribution in [-0.2, 0) is 0 Å². The first-order chi connectivity index (χ1) is 5.86. The van der Waals surface area contributed by atoms with Gasteiger partial charge in [0.05, 0.1) is 24.8 Å². The van der Waals surface area contributed by atoms with Gasteiger partial charge in [-0.05, 0) is 0 Å². The zero-order valence-electron chi connectivity index (χ0n) is 6.12. The van der Waals surface area contributed by atoms with E-state index in [0.29, 0.717) is 5.69 Å². The second kappa shape index (κ2) is 2.57. The molecular weight excluding hydrogens is 156 g/mol. The maximum absolute atomic E-state index is 5.31. The fraction of sp³-hybridized carbons (Fsp3) is 0. The Morgan fingerprint density at radius 2 is 1.67 bits per heavy atom. The zero-order chi connectivity index (χ0) is 8.39. The lowest BCUT2D eigenvalue weighted by molar-refractivity contribution is 0.744. The molecule has 0 spiro atoms. The van der Waals surface area contributed by atoms with Crippen molar-refractivity contribution in [2.75, 3.05) is 5.73 Å². The van der Waals surface area contributed by atoms with Gasteiger partial charge in [-0.15, -0.1) is 4.80 Å². The third-order valence-electron chi connectivity index (χ3n) is 1.31. The number of hydrogen-bond acceptors (Lipinski definition) is 5. The molecule has 0 atom stereocenters. The Balaban J connectivity index is 2.43. The lowest BCUT2D eigenvalue weighted by Gasteiger charge is -1.96. The highest BCUT2D eigenvalue weighted by atomic mass is 15.5. The molecule has 0 saturated heterocycles. The predicted octanol–water partition coefficient (Wildman–Crippen LogP) is -0.361. The van der Waals surface area contributed by atoms with Crippen molar-refractivity contribution in [3.05, 3.63) is 24.8 Å². The highest BCUT2D eigenvalue weighted by molar-refractivity contribution is 5.26. The van der Waals surface area contributed by atoms with Crippen LogP contribution in [0.3, 0.4) is 0 Å². The molecule has 2 aromatic heterocycles. The Morgan fingerprint density at radius 3 is 2.25 bits per heavy atom. The minimum atomic E-state index is 0.242. The molecule has 0 saturated carbocycles. The van der Waals surface area contributed by atoms with Gasteiger partial charge in [-0.25, -0.2) is 9.97 Å². The highest BCUT2D eigenvalue weighted by Gasteiger charge is 1.96. The monoisotopic (exact) mass is 162 g/mol. The number of hydrogen-bond donors (Lipinski definition) is 1. The summed E-state index contributed by atoms with van der Waals surface area (Å²) < 4.78 is 0. The highest BCUT2D eigenvalue weighted by Crippen LogP contribution is 1.99. The number of nitrogen functional groups attached to an aromatic ring is 1. The van der Waals surface area contributed by atoms with Crippen molar-refractivity contribution in [2.45, 2.75) is 0 Å². The number of aromatic nitrogens is 5. The molecule has 2 heterocycles. The van der Waals surface area contributed by atoms with Gasteiger partial charge in [0.25, 0.3) is 0 Å². The van der Waals surface area contributed by atoms with Gasteiger partial charge < -0.3 is 5.73 Å². The van der Waals surface area contributed by atoms with Crippen LogP contribution in [0.5, 0.6) is 0 Å². The van der Waals surface area contributed by atoms with Crippen LogP contribution in [0.2, 0.25) is 0 Å². The number of nitrogens with two attached hydrogens (primary N) is 1. The van der Waals surface area contributed by atoms with Gasteiger partial charge >= 0.3 is 0 Å². The minimum Gasteiger partial charge on any atom is -0.368 e. The number of anilines is 1. The third kappa shape index (κ3) is 1.09. The Bertz CT molecular complexity index is 350. The largest absolute Gasteiger partial charge is 0.368 e. The SMILES string of the molecule is Nc1ncc(-n2nccn2)cn1. The van der Waals surface area contributed by atoms with E-state index in [-0.39, 0.29) is 5.95 Å². The van der Waals surface area contributed by atoms with E-state index in [1.54, 1.807) is 24.8 Å². The molecule has 0 aromatic carbocycles. The summed E-state index contributed by atoms with van der Waals surface area (Å²) in [6.45, 7) is 0. The fourth-order valence-electron chi connectivity index (χ4n) is 0.784. The molecule has 0 amide bonds. The van der Waals surface area contributed by atoms with Gasteiger partial charge in [0, 0.05) is 0 Å². The number of nitrogens with zero attached hydrogens (tertiary/aromatic N) is 5. The summed E-state index contributed by atoms with van der Waals surface area (Å²) in [7, 11) is 0. The van der Waals surface area contributed by atoms with Crippen molar-refractivity contribution in [1.29, 1.82) is 0 Å². The third-order valence-corrected chi connectivity index (χ3v) is 1.31. The average molecular weight is 162 g/mol. The Morgan fingerprint density at radius 1 is 1.08 bits per heavy atom. The van der Waals surface area contributed by atoms with E-state index < -0.39 is 0 Å². The minimum absolute atomic E-state index is 0.242. The topological polar surface area (TPSA) is 82.5 Å². The van der Waals surface area contributed by atoms with Crippen LogP contribution in [0.15, 0.2) is 24.8 Å². The summed E-state index contributed by atoms with van der Waals surface area (Å²) in [4.78, 5) is 9.02. The fourth-order valence-corrected chi connectivity index (χ4v) is 0.784. The van der Waals surface area contributed by atoms with Crippen LogP contribution in [-0.4, -0.2) is 25.0 Å². The van der Waals surface area contributed by atoms with E-state index in [2.05, 4.69) is 20.2 Å². The molecule has 0 aliphatic heterocycles. The second-order valence-corrected chi connectivity index (χ2v) is 2.12. The molecule has 60 valence electrons. The molecule has 2 aromatic rings. The van der Waals surface area contributed by atoms with Crippen molar-refractivity contribution in [1.82, 2.24) is 25.0 Å². The number of rotatable bonds is 1. The van der Waals surface area contributed by atoms with Gasteiger partial charge in [0.2, 0.25) is 5.95 Å². The standard InChI is InChI=1S/C6H6N6/c7-6-8-3-5(4-9-6)12-10-1-2-11-12/h1-4H,(H2,7,8,9). The van der Waals surface area contributed by atoms with Gasteiger partial charge in [-0.2, -0.15) is 10.2 Å². The summed E-state index contributed by atoms with van der Waals surface area (Å²) >= 11 is 0. The Hall–Kier alpha value is -1.98. The molecule has 0 fully saturated rings. The molecule has 0 radical (unpaired) electrons. The average Bonchev–Trinajstić information content (AvgIpc) is 2.58. The molecule has 0 aliphatic carbocycles. The summed E-state index contributed by atoms with van der Waals surface area (Å²) in [5.41, 5.74) is 6.00. The van der Waals surface area contributed by atoms with Crippen molar-refractivity contribution >= 4 is 5.95 Å². The Labute approximate surface area is 68.1 Å². The first kappa shape index (κ1) is 6.71. The van der Waals surface area contributed by atoms with Crippen LogP contribution in [0.4, 0.5) is 5.95 Å². The lowest BCUT2D eigenvalue weighted by atomic mass is 10.5. The molecule has 2 rings (SSSR count). The van der Waals surface area contributed by atoms with Crippen molar-refractivity contribution < 1.29 is 0 Å². The molecule has 0 aliphatic rings. The first-order valence-electron chi connectivity index (χ1n) is 3.30. The van der Waals surface area contributed by atoms with Crippen LogP contribution in [0.25, 0.3) is 5.69 Å². The van der Waals surface area contributed by atoms with Gasteiger partial charge in [-0.3, -0.25) is 0 Å². The van der Waals surface area contributed by atoms with Gasteiger partial charge in [0.1, 0.15) is 5.69 Å². The van der Waals surface area contributed by atoms with Crippen LogP contribution in [0.1, 0.15) is 0 Å². The second-order valence-electron chi connectivity index (χ2n) is 2.12. The summed E-state index contributed by atoms with van der Waals surface area (Å²) in [6.07, 6.45) is 6.28. The predicted molar refractivity (Wildman–Crippen MR) is 41.4 cm³/mol. The van der Waals surface area contributed by atoms with Gasteiger partial charge in [0.15, 0.2) is 0 Å². The van der Waals surface area contributed by atoms with Gasteiger partial charge in [-0.1, -0.05) is 0 Å². The summed E-state index contributed by atoms with van der Waals surface area (Å²) in [6, 6.07) is 0. The van der Waals surface area contributed by atoms with Crippen LogP contribution < -0.4 is 5.73 Å². The van der Waals surface area contributed by atoms with E-state index >= 15 is 0 Å². The summed E-state index contributed by atoms with van der Waals surface area (Å²) in [5, 5.41) is 7.80. The molecule has 2 N–H and O–H groups in total. The van der Waals surface area contributed by atoms with Crippen LogP contribution >= 0.6 is 0 Å². The van der Waals surface area contributed by atoms with E-state index in [4.69, 9.17) is 5.73 Å². The van der Waals surface area contributed by atoms with Crippen molar-refractivity contribution in [3.63, 3.8) is 0 Å². The molecule has 6 nitrogen and oxygen atoms in total. The van der Waals surface area contributed by atoms with E-state index in [0.717, 1.165) is 0 Å².